The summed E-state index contributed by atoms with van der Waals surface area (Å²) in [6.07, 6.45) is 3.72. The van der Waals surface area contributed by atoms with Crippen molar-refractivity contribution in [1.29, 1.82) is 0 Å². The molecule has 13 heavy (non-hydrogen) atoms. The van der Waals surface area contributed by atoms with Gasteiger partial charge in [-0.05, 0) is 13.0 Å². The second kappa shape index (κ2) is 2.98. The summed E-state index contributed by atoms with van der Waals surface area (Å²) in [5, 5.41) is 2.07. The molecule has 0 saturated heterocycles. The van der Waals surface area contributed by atoms with Gasteiger partial charge in [-0.1, -0.05) is 12.1 Å². The molecule has 64 valence electrons. The minimum atomic E-state index is 0.108. The lowest BCUT2D eigenvalue weighted by Gasteiger charge is -1.98. The van der Waals surface area contributed by atoms with E-state index in [2.05, 4.69) is 4.98 Å². The largest absolute Gasteiger partial charge is 0.294 e. The predicted molar refractivity (Wildman–Crippen MR) is 50.5 cm³/mol. The van der Waals surface area contributed by atoms with Crippen molar-refractivity contribution < 1.29 is 9.78 Å². The third-order valence-corrected chi connectivity index (χ3v) is 2.10. The number of aromatic nitrogens is 1. The van der Waals surface area contributed by atoms with E-state index >= 15 is 0 Å². The lowest BCUT2D eigenvalue weighted by Crippen LogP contribution is -2.00. The van der Waals surface area contributed by atoms with E-state index in [0.29, 0.717) is 0 Å². The Labute approximate surface area is 76.2 Å². The highest BCUT2D eigenvalue weighted by molar-refractivity contribution is 6.06. The minimum Gasteiger partial charge on any atom is -0.294 e. The van der Waals surface area contributed by atoms with Crippen molar-refractivity contribution in [3.05, 3.63) is 42.2 Å². The average molecular weight is 172 g/mol. The number of nitrogens with one attached hydrogen (secondary N) is 1. The summed E-state index contributed by atoms with van der Waals surface area (Å²) in [5.41, 5.74) is 0.784. The molecular formula is C11H10NO+. The third-order valence-electron chi connectivity index (χ3n) is 2.10. The van der Waals surface area contributed by atoms with Gasteiger partial charge in [0, 0.05) is 22.4 Å². The zero-order chi connectivity index (χ0) is 9.26. The lowest BCUT2D eigenvalue weighted by atomic mass is 10.0. The van der Waals surface area contributed by atoms with Crippen molar-refractivity contribution in [2.24, 2.45) is 0 Å². The van der Waals surface area contributed by atoms with Gasteiger partial charge in [0.2, 0.25) is 0 Å². The monoisotopic (exact) mass is 172 g/mol. The third kappa shape index (κ3) is 1.31. The first-order valence-electron chi connectivity index (χ1n) is 4.19. The van der Waals surface area contributed by atoms with Crippen LogP contribution in [0.15, 0.2) is 36.7 Å². The van der Waals surface area contributed by atoms with E-state index < -0.39 is 0 Å². The smallest absolute Gasteiger partial charge is 0.174 e. The number of H-pyrrole nitrogens is 1. The molecule has 0 spiro atoms. The highest BCUT2D eigenvalue weighted by Gasteiger charge is 2.05. The number of fused-ring (bicyclic) bond motifs is 1. The Morgan fingerprint density at radius 3 is 2.92 bits per heavy atom. The molecule has 0 saturated carbocycles. The summed E-state index contributed by atoms with van der Waals surface area (Å²) < 4.78 is 0. The molecule has 2 nitrogen and oxygen atoms in total. The van der Waals surface area contributed by atoms with Crippen molar-refractivity contribution in [3.8, 4) is 0 Å². The Balaban J connectivity index is 2.83. The van der Waals surface area contributed by atoms with Crippen LogP contribution in [0.25, 0.3) is 10.8 Å². The quantitative estimate of drug-likeness (QED) is 0.604. The van der Waals surface area contributed by atoms with Gasteiger partial charge in [0.1, 0.15) is 0 Å². The zero-order valence-electron chi connectivity index (χ0n) is 7.37. The Bertz CT molecular complexity index is 457. The van der Waals surface area contributed by atoms with Crippen LogP contribution in [-0.4, -0.2) is 5.78 Å². The second-order valence-corrected chi connectivity index (χ2v) is 3.01. The number of hydrogen-bond donors (Lipinski definition) is 0. The number of benzene rings is 1. The fraction of sp³-hybridized carbons (Fsp3) is 0.0909. The lowest BCUT2D eigenvalue weighted by molar-refractivity contribution is -0.375. The van der Waals surface area contributed by atoms with E-state index in [1.165, 1.54) is 0 Å². The molecule has 0 atom stereocenters. The maximum Gasteiger partial charge on any atom is 0.174 e. The number of ketones is 1. The first-order chi connectivity index (χ1) is 6.29. The number of carbonyl (C=O) groups excluding carboxylic acids is 1. The van der Waals surface area contributed by atoms with Gasteiger partial charge in [-0.25, -0.2) is 4.98 Å². The minimum absolute atomic E-state index is 0.108. The molecule has 2 rings (SSSR count). The molecule has 1 heterocycles. The molecule has 1 aromatic heterocycles. The van der Waals surface area contributed by atoms with Crippen molar-refractivity contribution >= 4 is 16.6 Å². The van der Waals surface area contributed by atoms with Gasteiger partial charge in [0.05, 0.1) is 0 Å². The fourth-order valence-electron chi connectivity index (χ4n) is 1.47. The molecule has 0 unspecified atom stereocenters. The SMILES string of the molecule is CC(=O)c1cccc2c[nH+]ccc12. The van der Waals surface area contributed by atoms with Crippen molar-refractivity contribution in [2.45, 2.75) is 6.92 Å². The van der Waals surface area contributed by atoms with Crippen molar-refractivity contribution in [1.82, 2.24) is 0 Å². The second-order valence-electron chi connectivity index (χ2n) is 3.01. The molecule has 1 N–H and O–H groups in total. The van der Waals surface area contributed by atoms with Crippen LogP contribution in [0.1, 0.15) is 17.3 Å². The van der Waals surface area contributed by atoms with Crippen LogP contribution in [-0.2, 0) is 0 Å². The van der Waals surface area contributed by atoms with Crippen LogP contribution in [0.5, 0.6) is 0 Å². The summed E-state index contributed by atoms with van der Waals surface area (Å²) in [7, 11) is 0. The first-order valence-corrected chi connectivity index (χ1v) is 4.19. The van der Waals surface area contributed by atoms with Gasteiger partial charge in [-0.3, -0.25) is 4.79 Å². The molecule has 0 fully saturated rings. The van der Waals surface area contributed by atoms with Gasteiger partial charge < -0.3 is 0 Å². The molecular weight excluding hydrogens is 162 g/mol. The van der Waals surface area contributed by atoms with Gasteiger partial charge in [-0.2, -0.15) is 0 Å². The average Bonchev–Trinajstić information content (AvgIpc) is 2.17. The molecule has 0 amide bonds. The van der Waals surface area contributed by atoms with E-state index in [4.69, 9.17) is 0 Å². The Morgan fingerprint density at radius 2 is 2.15 bits per heavy atom. The Morgan fingerprint density at radius 1 is 1.31 bits per heavy atom. The highest BCUT2D eigenvalue weighted by Crippen LogP contribution is 2.16. The van der Waals surface area contributed by atoms with Crippen molar-refractivity contribution in [2.75, 3.05) is 0 Å². The van der Waals surface area contributed by atoms with E-state index in [1.807, 2.05) is 36.7 Å². The fourth-order valence-corrected chi connectivity index (χ4v) is 1.47. The van der Waals surface area contributed by atoms with Crippen LogP contribution in [0.2, 0.25) is 0 Å². The summed E-state index contributed by atoms with van der Waals surface area (Å²) >= 11 is 0. The van der Waals surface area contributed by atoms with Gasteiger partial charge in [-0.15, -0.1) is 0 Å². The molecule has 1 aromatic carbocycles. The molecule has 2 heteroatoms. The molecule has 0 aliphatic rings. The summed E-state index contributed by atoms with van der Waals surface area (Å²) in [6, 6.07) is 7.65. The number of Topliss-reactive ketones (excluding diaryl/α,β-unsaturated/α-hetero) is 1. The first kappa shape index (κ1) is 7.92. The van der Waals surface area contributed by atoms with E-state index in [1.54, 1.807) is 6.92 Å². The predicted octanol–water partition coefficient (Wildman–Crippen LogP) is 1.86. The van der Waals surface area contributed by atoms with E-state index in [9.17, 15) is 4.79 Å². The van der Waals surface area contributed by atoms with Gasteiger partial charge in [0.25, 0.3) is 0 Å². The molecule has 0 aliphatic carbocycles. The number of hydrogen-bond acceptors (Lipinski definition) is 1. The zero-order valence-corrected chi connectivity index (χ0v) is 7.37. The molecule has 2 aromatic rings. The van der Waals surface area contributed by atoms with Crippen LogP contribution in [0, 0.1) is 0 Å². The van der Waals surface area contributed by atoms with Crippen LogP contribution in [0.3, 0.4) is 0 Å². The van der Waals surface area contributed by atoms with Gasteiger partial charge in [0.15, 0.2) is 18.2 Å². The Hall–Kier alpha value is -1.70. The Kier molecular flexibility index (Phi) is 1.81. The van der Waals surface area contributed by atoms with E-state index in [-0.39, 0.29) is 5.78 Å². The van der Waals surface area contributed by atoms with Crippen LogP contribution < -0.4 is 4.98 Å². The normalized spacial score (nSPS) is 10.2. The highest BCUT2D eigenvalue weighted by atomic mass is 16.1. The summed E-state index contributed by atoms with van der Waals surface area (Å²) in [6.45, 7) is 1.59. The van der Waals surface area contributed by atoms with Gasteiger partial charge >= 0.3 is 0 Å². The number of carbonyl (C=O) groups is 1. The maximum atomic E-state index is 11.2. The van der Waals surface area contributed by atoms with Crippen molar-refractivity contribution in [3.63, 3.8) is 0 Å². The van der Waals surface area contributed by atoms with Crippen LogP contribution in [0.4, 0.5) is 0 Å². The number of rotatable bonds is 1. The molecule has 0 radical (unpaired) electrons. The summed E-state index contributed by atoms with van der Waals surface area (Å²) in [5.74, 6) is 0.108. The van der Waals surface area contributed by atoms with E-state index in [0.717, 1.165) is 16.3 Å². The van der Waals surface area contributed by atoms with Crippen LogP contribution >= 0.6 is 0 Å². The topological polar surface area (TPSA) is 31.2 Å². The number of pyridine rings is 1. The molecule has 0 aliphatic heterocycles. The molecule has 0 bridgehead atoms. The summed E-state index contributed by atoms with van der Waals surface area (Å²) in [4.78, 5) is 14.2. The maximum absolute atomic E-state index is 11.2. The standard InChI is InChI=1S/C11H9NO/c1-8(13)10-4-2-3-9-7-12-6-5-11(9)10/h2-7H,1H3/p+1. The number of aromatic amines is 1.